The van der Waals surface area contributed by atoms with Gasteiger partial charge in [-0.2, -0.15) is 0 Å². The van der Waals surface area contributed by atoms with Crippen LogP contribution in [0.25, 0.3) is 0 Å². The number of carboxylic acid groups (broad SMARTS) is 1. The summed E-state index contributed by atoms with van der Waals surface area (Å²) in [6.07, 6.45) is -0.213. The third kappa shape index (κ3) is 4.72. The minimum atomic E-state index is -4.15. The van der Waals surface area contributed by atoms with Crippen molar-refractivity contribution < 1.29 is 27.6 Å². The molecule has 11 heteroatoms. The molecule has 2 N–H and O–H groups in total. The van der Waals surface area contributed by atoms with Crippen molar-refractivity contribution >= 4 is 50.6 Å². The average molecular weight is 497 g/mol. The van der Waals surface area contributed by atoms with Crippen molar-refractivity contribution in [3.63, 3.8) is 0 Å². The summed E-state index contributed by atoms with van der Waals surface area (Å²) in [5, 5.41) is 14.4. The highest BCUT2D eigenvalue weighted by Crippen LogP contribution is 2.31. The Balaban J connectivity index is 1.94. The summed E-state index contributed by atoms with van der Waals surface area (Å²) in [7, 11) is -4.15. The zero-order chi connectivity index (χ0) is 23.8. The van der Waals surface area contributed by atoms with Crippen LogP contribution in [0.2, 0.25) is 5.02 Å². The number of nitrogens with one attached hydrogen (secondary N) is 1. The zero-order valence-electron chi connectivity index (χ0n) is 17.8. The highest BCUT2D eigenvalue weighted by Gasteiger charge is 2.27. The Morgan fingerprint density at radius 3 is 2.34 bits per heavy atom. The van der Waals surface area contributed by atoms with E-state index in [4.69, 9.17) is 16.1 Å². The molecule has 0 amide bonds. The van der Waals surface area contributed by atoms with Crippen LogP contribution in [-0.4, -0.2) is 30.4 Å². The summed E-state index contributed by atoms with van der Waals surface area (Å²) in [5.74, 6) is -1.58. The van der Waals surface area contributed by atoms with Gasteiger partial charge in [0.1, 0.15) is 15.6 Å². The summed E-state index contributed by atoms with van der Waals surface area (Å²) in [6.45, 7) is 7.02. The van der Waals surface area contributed by atoms with Gasteiger partial charge in [0.2, 0.25) is 0 Å². The molecule has 3 rings (SSSR count). The number of sulfonamides is 1. The van der Waals surface area contributed by atoms with E-state index in [1.54, 1.807) is 13.8 Å². The van der Waals surface area contributed by atoms with E-state index in [1.165, 1.54) is 11.4 Å². The number of rotatable bonds is 8. The molecule has 0 saturated heterocycles. The van der Waals surface area contributed by atoms with Crippen molar-refractivity contribution in [1.82, 2.24) is 5.16 Å². The number of benzene rings is 1. The third-order valence-corrected chi connectivity index (χ3v) is 8.05. The Bertz CT molecular complexity index is 1320. The minimum Gasteiger partial charge on any atom is -0.481 e. The summed E-state index contributed by atoms with van der Waals surface area (Å²) in [6, 6.07) is 3.18. The first-order chi connectivity index (χ1) is 14.9. The van der Waals surface area contributed by atoms with Crippen molar-refractivity contribution in [1.29, 1.82) is 0 Å². The number of aromatic nitrogens is 1. The fourth-order valence-corrected chi connectivity index (χ4v) is 6.08. The Morgan fingerprint density at radius 1 is 1.16 bits per heavy atom. The van der Waals surface area contributed by atoms with Gasteiger partial charge in [-0.1, -0.05) is 22.8 Å². The number of anilines is 1. The van der Waals surface area contributed by atoms with Crippen LogP contribution in [0.5, 0.6) is 0 Å². The number of nitrogens with zero attached hydrogens (tertiary/aromatic N) is 1. The van der Waals surface area contributed by atoms with E-state index in [0.717, 1.165) is 28.0 Å². The second-order valence-corrected chi connectivity index (χ2v) is 10.3. The fourth-order valence-electron chi connectivity index (χ4n) is 3.52. The molecule has 8 nitrogen and oxygen atoms in total. The lowest BCUT2D eigenvalue weighted by molar-refractivity contribution is -0.136. The molecular formula is C21H21ClN2O6S2. The average Bonchev–Trinajstić information content (AvgIpc) is 3.31. The number of carbonyl (C=O) groups is 2. The first-order valence-corrected chi connectivity index (χ1v) is 12.2. The van der Waals surface area contributed by atoms with Gasteiger partial charge in [0, 0.05) is 6.42 Å². The Hall–Kier alpha value is -2.69. The van der Waals surface area contributed by atoms with Gasteiger partial charge in [0.05, 0.1) is 11.3 Å². The predicted molar refractivity (Wildman–Crippen MR) is 121 cm³/mol. The molecule has 1 aromatic carbocycles. The van der Waals surface area contributed by atoms with E-state index in [1.807, 2.05) is 19.9 Å². The summed E-state index contributed by atoms with van der Waals surface area (Å²) < 4.78 is 32.9. The van der Waals surface area contributed by atoms with Gasteiger partial charge >= 0.3 is 5.97 Å². The van der Waals surface area contributed by atoms with Crippen LogP contribution in [0.15, 0.2) is 26.9 Å². The highest BCUT2D eigenvalue weighted by atomic mass is 35.5. The molecule has 32 heavy (non-hydrogen) atoms. The number of hydrogen-bond donors (Lipinski definition) is 2. The number of hydrogen-bond acceptors (Lipinski definition) is 7. The predicted octanol–water partition coefficient (Wildman–Crippen LogP) is 4.48. The first-order valence-electron chi connectivity index (χ1n) is 9.48. The van der Waals surface area contributed by atoms with Gasteiger partial charge in [-0.05, 0) is 67.0 Å². The monoisotopic (exact) mass is 496 g/mol. The number of carbonyl (C=O) groups excluding carboxylic acids is 1. The molecule has 2 aromatic heterocycles. The number of aliphatic carboxylic acids is 1. The van der Waals surface area contributed by atoms with E-state index >= 15 is 0 Å². The van der Waals surface area contributed by atoms with Crippen LogP contribution in [0.4, 0.5) is 5.88 Å². The molecule has 0 aliphatic carbocycles. The van der Waals surface area contributed by atoms with Crippen molar-refractivity contribution in [2.75, 3.05) is 4.72 Å². The third-order valence-electron chi connectivity index (χ3n) is 5.15. The SMILES string of the molecule is Cc1cc(C)c(CC(=O)c2sccc2S(=O)(=O)Nc2onc(C)c2Cl)c(C)c1CC(=O)O. The topological polar surface area (TPSA) is 127 Å². The van der Waals surface area contributed by atoms with Crippen LogP contribution in [0.1, 0.15) is 43.2 Å². The molecule has 170 valence electrons. The highest BCUT2D eigenvalue weighted by molar-refractivity contribution is 7.93. The van der Waals surface area contributed by atoms with Gasteiger partial charge in [0.25, 0.3) is 15.9 Å². The van der Waals surface area contributed by atoms with Crippen LogP contribution < -0.4 is 4.72 Å². The summed E-state index contributed by atoms with van der Waals surface area (Å²) >= 11 is 7.01. The molecule has 0 bridgehead atoms. The maximum absolute atomic E-state index is 13.1. The fraction of sp³-hybridized carbons (Fsp3) is 0.286. The summed E-state index contributed by atoms with van der Waals surface area (Å²) in [4.78, 5) is 24.2. The molecule has 0 unspecified atom stereocenters. The van der Waals surface area contributed by atoms with E-state index < -0.39 is 21.8 Å². The Morgan fingerprint density at radius 2 is 1.78 bits per heavy atom. The maximum Gasteiger partial charge on any atom is 0.307 e. The molecule has 0 aliphatic rings. The standard InChI is InChI=1S/C21H21ClN2O6S2/c1-10-7-11(2)15(9-18(26)27)12(3)14(10)8-16(25)20-17(5-6-31-20)32(28,29)24-21-19(22)13(4)23-30-21/h5-7,24H,8-9H2,1-4H3,(H,26,27). The van der Waals surface area contributed by atoms with Gasteiger partial charge in [-0.15, -0.1) is 11.3 Å². The van der Waals surface area contributed by atoms with Crippen LogP contribution >= 0.6 is 22.9 Å². The van der Waals surface area contributed by atoms with Crippen molar-refractivity contribution in [2.24, 2.45) is 0 Å². The lowest BCUT2D eigenvalue weighted by Crippen LogP contribution is -2.16. The second-order valence-electron chi connectivity index (χ2n) is 7.39. The lowest BCUT2D eigenvalue weighted by atomic mass is 9.89. The van der Waals surface area contributed by atoms with Crippen molar-refractivity contribution in [3.8, 4) is 0 Å². The van der Waals surface area contributed by atoms with Gasteiger partial charge in [-0.25, -0.2) is 13.1 Å². The van der Waals surface area contributed by atoms with Gasteiger partial charge in [0.15, 0.2) is 5.78 Å². The minimum absolute atomic E-state index is 0.0357. The van der Waals surface area contributed by atoms with Crippen LogP contribution in [-0.2, 0) is 27.7 Å². The second kappa shape index (κ2) is 9.05. The number of halogens is 1. The number of ketones is 1. The largest absolute Gasteiger partial charge is 0.481 e. The molecule has 3 aromatic rings. The smallest absolute Gasteiger partial charge is 0.307 e. The Kier molecular flexibility index (Phi) is 6.77. The van der Waals surface area contributed by atoms with E-state index in [2.05, 4.69) is 9.88 Å². The van der Waals surface area contributed by atoms with Crippen molar-refractivity contribution in [3.05, 3.63) is 60.9 Å². The molecule has 0 saturated carbocycles. The zero-order valence-corrected chi connectivity index (χ0v) is 20.2. The molecule has 0 radical (unpaired) electrons. The maximum atomic E-state index is 13.1. The van der Waals surface area contributed by atoms with E-state index in [0.29, 0.717) is 16.8 Å². The lowest BCUT2D eigenvalue weighted by Gasteiger charge is -2.16. The van der Waals surface area contributed by atoms with Crippen LogP contribution in [0.3, 0.4) is 0 Å². The molecule has 0 aliphatic heterocycles. The van der Waals surface area contributed by atoms with Crippen molar-refractivity contribution in [2.45, 2.75) is 45.4 Å². The van der Waals surface area contributed by atoms with Gasteiger partial charge in [-0.3, -0.25) is 9.59 Å². The number of carboxylic acids is 1. The van der Waals surface area contributed by atoms with E-state index in [9.17, 15) is 23.1 Å². The molecule has 0 fully saturated rings. The molecule has 0 atom stereocenters. The molecule has 0 spiro atoms. The van der Waals surface area contributed by atoms with Crippen LogP contribution in [0, 0.1) is 27.7 Å². The Labute approximate surface area is 194 Å². The quantitative estimate of drug-likeness (QED) is 0.440. The number of Topliss-reactive ketones (excluding diaryl/α,β-unsaturated/α-hetero) is 1. The van der Waals surface area contributed by atoms with Gasteiger partial charge < -0.3 is 9.63 Å². The first kappa shape index (κ1) is 24.0. The number of aryl methyl sites for hydroxylation is 3. The number of thiophene rings is 1. The molecule has 2 heterocycles. The molecular weight excluding hydrogens is 476 g/mol. The summed E-state index contributed by atoms with van der Waals surface area (Å²) in [5.41, 5.74) is 4.07. The van der Waals surface area contributed by atoms with E-state index in [-0.39, 0.29) is 33.5 Å². The normalized spacial score (nSPS) is 11.5.